The maximum absolute atomic E-state index is 6.29. The minimum absolute atomic E-state index is 0.0316. The first-order valence-corrected chi connectivity index (χ1v) is 6.60. The van der Waals surface area contributed by atoms with Gasteiger partial charge in [0.25, 0.3) is 0 Å². The molecule has 0 amide bonds. The Hall–Kier alpha value is -0.380. The fraction of sp³-hybridized carbons (Fsp3) is 0.667. The van der Waals surface area contributed by atoms with Crippen LogP contribution in [0.5, 0.6) is 0 Å². The number of hydrogen-bond donors (Lipinski definition) is 1. The molecule has 0 bridgehead atoms. The average Bonchev–Trinajstić information content (AvgIpc) is 3.11. The molecule has 2 N–H and O–H groups in total. The van der Waals surface area contributed by atoms with E-state index in [0.29, 0.717) is 5.41 Å². The van der Waals surface area contributed by atoms with Gasteiger partial charge in [-0.25, -0.2) is 0 Å². The van der Waals surface area contributed by atoms with E-state index < -0.39 is 0 Å². The van der Waals surface area contributed by atoms with Crippen molar-refractivity contribution in [3.8, 4) is 0 Å². The van der Waals surface area contributed by atoms with Gasteiger partial charge in [-0.3, -0.25) is 0 Å². The van der Waals surface area contributed by atoms with Gasteiger partial charge >= 0.3 is 0 Å². The van der Waals surface area contributed by atoms with Crippen LogP contribution in [0.2, 0.25) is 0 Å². The lowest BCUT2D eigenvalue weighted by atomic mass is 9.90. The van der Waals surface area contributed by atoms with Crippen LogP contribution in [0, 0.1) is 0 Å². The molecule has 1 unspecified atom stereocenters. The molecule has 1 spiro atoms. The highest BCUT2D eigenvalue weighted by Gasteiger charge is 2.56. The zero-order valence-corrected chi connectivity index (χ0v) is 9.48. The molecule has 0 saturated heterocycles. The molecule has 0 aromatic carbocycles. The summed E-state index contributed by atoms with van der Waals surface area (Å²) in [6.07, 6.45) is 5.06. The van der Waals surface area contributed by atoms with Crippen molar-refractivity contribution >= 4 is 11.3 Å². The van der Waals surface area contributed by atoms with Crippen molar-refractivity contribution in [1.82, 2.24) is 0 Å². The predicted molar refractivity (Wildman–Crippen MR) is 60.1 cm³/mol. The number of thiophene rings is 1. The minimum Gasteiger partial charge on any atom is -0.370 e. The Labute approximate surface area is 93.4 Å². The van der Waals surface area contributed by atoms with E-state index in [-0.39, 0.29) is 11.6 Å². The van der Waals surface area contributed by atoms with Gasteiger partial charge in [-0.05, 0) is 42.7 Å². The molecule has 1 aliphatic heterocycles. The number of rotatable bonds is 1. The first-order chi connectivity index (χ1) is 7.24. The highest BCUT2D eigenvalue weighted by Crippen LogP contribution is 2.59. The molecular weight excluding hydrogens is 206 g/mol. The Morgan fingerprint density at radius 2 is 2.13 bits per heavy atom. The van der Waals surface area contributed by atoms with Gasteiger partial charge in [0.15, 0.2) is 0 Å². The van der Waals surface area contributed by atoms with Crippen LogP contribution in [-0.2, 0) is 10.2 Å². The van der Waals surface area contributed by atoms with Crippen molar-refractivity contribution in [3.05, 3.63) is 21.9 Å². The van der Waals surface area contributed by atoms with Crippen LogP contribution in [0.25, 0.3) is 0 Å². The van der Waals surface area contributed by atoms with Crippen LogP contribution in [0.1, 0.15) is 42.2 Å². The summed E-state index contributed by atoms with van der Waals surface area (Å²) in [6.45, 7) is 0.903. The predicted octanol–water partition coefficient (Wildman–Crippen LogP) is 2.34. The Morgan fingerprint density at radius 1 is 1.33 bits per heavy atom. The van der Waals surface area contributed by atoms with Gasteiger partial charge in [-0.2, -0.15) is 0 Å². The molecule has 2 nitrogen and oxygen atoms in total. The smallest absolute Gasteiger partial charge is 0.110 e. The molecule has 3 heteroatoms. The van der Waals surface area contributed by atoms with E-state index in [9.17, 15) is 0 Å². The summed E-state index contributed by atoms with van der Waals surface area (Å²) in [6, 6.07) is 2.30. The molecule has 1 aromatic rings. The molecule has 80 valence electrons. The van der Waals surface area contributed by atoms with Crippen LogP contribution < -0.4 is 5.73 Å². The number of hydrogen-bond acceptors (Lipinski definition) is 3. The summed E-state index contributed by atoms with van der Waals surface area (Å²) in [7, 11) is 0. The SMILES string of the molecule is NC1(C2OCC3(CC3)c3ccsc32)CC1. The second-order valence-corrected chi connectivity index (χ2v) is 6.35. The van der Waals surface area contributed by atoms with Crippen molar-refractivity contribution in [2.45, 2.75) is 42.7 Å². The fourth-order valence-electron chi connectivity index (χ4n) is 2.76. The van der Waals surface area contributed by atoms with Gasteiger partial charge in [-0.15, -0.1) is 11.3 Å². The number of fused-ring (bicyclic) bond motifs is 2. The summed E-state index contributed by atoms with van der Waals surface area (Å²) in [5.41, 5.74) is 8.21. The van der Waals surface area contributed by atoms with Gasteiger partial charge < -0.3 is 10.5 Å². The van der Waals surface area contributed by atoms with Crippen LogP contribution in [-0.4, -0.2) is 12.1 Å². The molecular formula is C12H15NOS. The lowest BCUT2D eigenvalue weighted by Crippen LogP contribution is -2.37. The third kappa shape index (κ3) is 1.06. The highest BCUT2D eigenvalue weighted by atomic mass is 32.1. The molecule has 0 radical (unpaired) electrons. The van der Waals surface area contributed by atoms with Gasteiger partial charge in [0, 0.05) is 15.8 Å². The first kappa shape index (κ1) is 8.74. The van der Waals surface area contributed by atoms with E-state index in [1.807, 2.05) is 11.3 Å². The Balaban J connectivity index is 1.81. The van der Waals surface area contributed by atoms with Crippen molar-refractivity contribution in [2.24, 2.45) is 5.73 Å². The van der Waals surface area contributed by atoms with Crippen molar-refractivity contribution in [2.75, 3.05) is 6.61 Å². The second kappa shape index (κ2) is 2.47. The van der Waals surface area contributed by atoms with Gasteiger partial charge in [0.2, 0.25) is 0 Å². The van der Waals surface area contributed by atoms with E-state index in [0.717, 1.165) is 19.4 Å². The van der Waals surface area contributed by atoms with Crippen molar-refractivity contribution < 1.29 is 4.74 Å². The van der Waals surface area contributed by atoms with Gasteiger partial charge in [0.05, 0.1) is 6.61 Å². The topological polar surface area (TPSA) is 35.2 Å². The number of ether oxygens (including phenoxy) is 1. The van der Waals surface area contributed by atoms with Crippen LogP contribution in [0.3, 0.4) is 0 Å². The lowest BCUT2D eigenvalue weighted by Gasteiger charge is -2.33. The Bertz CT molecular complexity index is 417. The number of nitrogens with two attached hydrogens (primary N) is 1. The monoisotopic (exact) mass is 221 g/mol. The van der Waals surface area contributed by atoms with E-state index >= 15 is 0 Å². The molecule has 2 fully saturated rings. The highest BCUT2D eigenvalue weighted by molar-refractivity contribution is 7.10. The molecule has 2 heterocycles. The average molecular weight is 221 g/mol. The van der Waals surface area contributed by atoms with Crippen LogP contribution in [0.4, 0.5) is 0 Å². The molecule has 1 aromatic heterocycles. The first-order valence-electron chi connectivity index (χ1n) is 5.72. The largest absolute Gasteiger partial charge is 0.370 e. The van der Waals surface area contributed by atoms with E-state index in [4.69, 9.17) is 10.5 Å². The maximum Gasteiger partial charge on any atom is 0.110 e. The molecule has 15 heavy (non-hydrogen) atoms. The molecule has 2 aliphatic carbocycles. The van der Waals surface area contributed by atoms with Crippen LogP contribution >= 0.6 is 11.3 Å². The minimum atomic E-state index is -0.0316. The zero-order chi connectivity index (χ0) is 10.1. The fourth-order valence-corrected chi connectivity index (χ4v) is 3.95. The summed E-state index contributed by atoms with van der Waals surface area (Å²) < 4.78 is 6.05. The standard InChI is InChI=1S/C12H15NOS/c13-12(4-5-12)10-9-8(1-6-15-9)11(2-3-11)7-14-10/h1,6,10H,2-5,7,13H2. The summed E-state index contributed by atoms with van der Waals surface area (Å²) in [5.74, 6) is 0. The third-order valence-corrected chi connectivity index (χ3v) is 5.19. The van der Waals surface area contributed by atoms with E-state index in [2.05, 4.69) is 11.4 Å². The van der Waals surface area contributed by atoms with Crippen LogP contribution in [0.15, 0.2) is 11.4 Å². The van der Waals surface area contributed by atoms with E-state index in [1.54, 1.807) is 5.56 Å². The third-order valence-electron chi connectivity index (χ3n) is 4.23. The summed E-state index contributed by atoms with van der Waals surface area (Å²) in [5, 5.41) is 2.21. The molecule has 3 aliphatic rings. The van der Waals surface area contributed by atoms with Gasteiger partial charge in [0.1, 0.15) is 6.10 Å². The zero-order valence-electron chi connectivity index (χ0n) is 8.66. The second-order valence-electron chi connectivity index (χ2n) is 5.40. The van der Waals surface area contributed by atoms with E-state index in [1.165, 1.54) is 17.7 Å². The normalized spacial score (nSPS) is 33.8. The Morgan fingerprint density at radius 3 is 2.80 bits per heavy atom. The summed E-state index contributed by atoms with van der Waals surface area (Å²) >= 11 is 1.84. The Kier molecular flexibility index (Phi) is 1.44. The van der Waals surface area contributed by atoms with Gasteiger partial charge in [-0.1, -0.05) is 0 Å². The van der Waals surface area contributed by atoms with Crippen molar-refractivity contribution in [3.63, 3.8) is 0 Å². The molecule has 4 rings (SSSR count). The lowest BCUT2D eigenvalue weighted by molar-refractivity contribution is 0.00218. The quantitative estimate of drug-likeness (QED) is 0.790. The molecule has 1 atom stereocenters. The maximum atomic E-state index is 6.29. The summed E-state index contributed by atoms with van der Waals surface area (Å²) in [4.78, 5) is 1.43. The molecule has 2 saturated carbocycles. The van der Waals surface area contributed by atoms with Crippen molar-refractivity contribution in [1.29, 1.82) is 0 Å².